The second-order valence-corrected chi connectivity index (χ2v) is 7.25. The monoisotopic (exact) mass is 315 g/mol. The Balaban J connectivity index is 1.87. The molecule has 3 nitrogen and oxygen atoms in total. The van der Waals surface area contributed by atoms with Crippen molar-refractivity contribution in [1.82, 2.24) is 5.32 Å². The number of nitrogens with one attached hydrogen (secondary N) is 1. The molecule has 126 valence electrons. The molecule has 0 radical (unpaired) electrons. The van der Waals surface area contributed by atoms with Gasteiger partial charge in [0.2, 0.25) is 5.91 Å². The zero-order valence-electron chi connectivity index (χ0n) is 14.2. The molecule has 23 heavy (non-hydrogen) atoms. The second kappa shape index (κ2) is 7.48. The molecular formula is C20H29NO2. The summed E-state index contributed by atoms with van der Waals surface area (Å²) in [4.78, 5) is 12.3. The van der Waals surface area contributed by atoms with Crippen LogP contribution >= 0.6 is 0 Å². The number of methoxy groups -OCH3 is 1. The van der Waals surface area contributed by atoms with Gasteiger partial charge in [-0.2, -0.15) is 0 Å². The first-order valence-electron chi connectivity index (χ1n) is 9.10. The van der Waals surface area contributed by atoms with Gasteiger partial charge in [0.15, 0.2) is 0 Å². The molecule has 0 saturated heterocycles. The van der Waals surface area contributed by atoms with E-state index in [1.807, 2.05) is 0 Å². The van der Waals surface area contributed by atoms with Crippen molar-refractivity contribution in [3.8, 4) is 0 Å². The molecular weight excluding hydrogens is 286 g/mol. The molecule has 0 spiro atoms. The van der Waals surface area contributed by atoms with Crippen molar-refractivity contribution < 1.29 is 9.53 Å². The Labute approximate surface area is 139 Å². The minimum atomic E-state index is 0.0327. The number of amides is 1. The fraction of sp³-hybridized carbons (Fsp3) is 0.650. The lowest BCUT2D eigenvalue weighted by Gasteiger charge is -2.52. The van der Waals surface area contributed by atoms with E-state index < -0.39 is 0 Å². The van der Waals surface area contributed by atoms with Gasteiger partial charge in [0.1, 0.15) is 6.61 Å². The van der Waals surface area contributed by atoms with Crippen LogP contribution in [0, 0.1) is 5.92 Å². The number of carbonyl (C=O) groups excluding carboxylic acids is 1. The maximum Gasteiger partial charge on any atom is 0.246 e. The summed E-state index contributed by atoms with van der Waals surface area (Å²) in [6, 6.07) is 11.1. The van der Waals surface area contributed by atoms with Crippen LogP contribution in [0.15, 0.2) is 30.3 Å². The molecule has 2 aliphatic rings. The normalized spacial score (nSPS) is 22.1. The molecule has 2 saturated carbocycles. The van der Waals surface area contributed by atoms with Gasteiger partial charge in [-0.25, -0.2) is 0 Å². The van der Waals surface area contributed by atoms with Crippen molar-refractivity contribution in [2.75, 3.05) is 13.7 Å². The molecule has 3 heteroatoms. The minimum Gasteiger partial charge on any atom is -0.375 e. The van der Waals surface area contributed by atoms with E-state index >= 15 is 0 Å². The van der Waals surface area contributed by atoms with Crippen molar-refractivity contribution >= 4 is 5.91 Å². The molecule has 1 aromatic carbocycles. The highest BCUT2D eigenvalue weighted by Crippen LogP contribution is 2.50. The van der Waals surface area contributed by atoms with Gasteiger partial charge in [0, 0.05) is 18.6 Å². The molecule has 1 unspecified atom stereocenters. The van der Waals surface area contributed by atoms with Gasteiger partial charge in [0.25, 0.3) is 0 Å². The molecule has 1 amide bonds. The topological polar surface area (TPSA) is 38.3 Å². The second-order valence-electron chi connectivity index (χ2n) is 7.25. The third kappa shape index (κ3) is 3.45. The molecule has 0 aromatic heterocycles. The van der Waals surface area contributed by atoms with E-state index in [0.717, 1.165) is 0 Å². The standard InChI is InChI=1S/C20H29NO2/c1-23-15-18(22)21-19(16-9-4-2-5-10-16)20(13-8-14-20)17-11-6-3-7-12-17/h3,6-7,11-12,16,19H,2,4-5,8-10,13-15H2,1H3,(H,21,22). The fourth-order valence-corrected chi connectivity index (χ4v) is 4.63. The lowest BCUT2D eigenvalue weighted by atomic mass is 9.56. The van der Waals surface area contributed by atoms with Gasteiger partial charge >= 0.3 is 0 Å². The maximum absolute atomic E-state index is 12.3. The minimum absolute atomic E-state index is 0.0327. The summed E-state index contributed by atoms with van der Waals surface area (Å²) in [5.74, 6) is 0.635. The Kier molecular flexibility index (Phi) is 5.37. The van der Waals surface area contributed by atoms with Crippen LogP contribution in [0.1, 0.15) is 56.9 Å². The zero-order chi connectivity index (χ0) is 16.1. The number of rotatable bonds is 6. The van der Waals surface area contributed by atoms with Gasteiger partial charge in [0.05, 0.1) is 0 Å². The first-order valence-corrected chi connectivity index (χ1v) is 9.10. The van der Waals surface area contributed by atoms with E-state index in [-0.39, 0.29) is 24.0 Å². The predicted molar refractivity (Wildman–Crippen MR) is 92.4 cm³/mol. The Morgan fingerprint density at radius 1 is 1.17 bits per heavy atom. The van der Waals surface area contributed by atoms with Crippen LogP contribution in [-0.4, -0.2) is 25.7 Å². The summed E-state index contributed by atoms with van der Waals surface area (Å²) < 4.78 is 5.05. The number of hydrogen-bond acceptors (Lipinski definition) is 2. The zero-order valence-corrected chi connectivity index (χ0v) is 14.2. The molecule has 2 aliphatic carbocycles. The van der Waals surface area contributed by atoms with Gasteiger partial charge in [-0.1, -0.05) is 56.0 Å². The number of hydrogen-bond donors (Lipinski definition) is 1. The summed E-state index contributed by atoms with van der Waals surface area (Å²) in [6.45, 7) is 0.161. The molecule has 3 rings (SSSR count). The van der Waals surface area contributed by atoms with Crippen LogP contribution in [0.5, 0.6) is 0 Å². The largest absolute Gasteiger partial charge is 0.375 e. The molecule has 2 fully saturated rings. The third-order valence-electron chi connectivity index (χ3n) is 5.90. The van der Waals surface area contributed by atoms with Crippen LogP contribution in [0.2, 0.25) is 0 Å². The van der Waals surface area contributed by atoms with Crippen molar-refractivity contribution in [3.63, 3.8) is 0 Å². The quantitative estimate of drug-likeness (QED) is 0.866. The van der Waals surface area contributed by atoms with Crippen LogP contribution < -0.4 is 5.32 Å². The summed E-state index contributed by atoms with van der Waals surface area (Å²) in [5, 5.41) is 3.36. The molecule has 1 N–H and O–H groups in total. The number of ether oxygens (including phenoxy) is 1. The average molecular weight is 315 g/mol. The first-order chi connectivity index (χ1) is 11.3. The summed E-state index contributed by atoms with van der Waals surface area (Å²) >= 11 is 0. The van der Waals surface area contributed by atoms with Crippen molar-refractivity contribution in [3.05, 3.63) is 35.9 Å². The van der Waals surface area contributed by atoms with E-state index in [4.69, 9.17) is 4.74 Å². The van der Waals surface area contributed by atoms with Crippen LogP contribution in [0.4, 0.5) is 0 Å². The smallest absolute Gasteiger partial charge is 0.246 e. The Morgan fingerprint density at radius 3 is 2.43 bits per heavy atom. The summed E-state index contributed by atoms with van der Waals surface area (Å²) in [6.07, 6.45) is 10.1. The van der Waals surface area contributed by atoms with Gasteiger partial charge in [-0.15, -0.1) is 0 Å². The molecule has 1 atom stereocenters. The Morgan fingerprint density at radius 2 is 1.87 bits per heavy atom. The fourth-order valence-electron chi connectivity index (χ4n) is 4.63. The molecule has 0 bridgehead atoms. The van der Waals surface area contributed by atoms with E-state index in [2.05, 4.69) is 35.6 Å². The summed E-state index contributed by atoms with van der Waals surface area (Å²) in [5.41, 5.74) is 1.53. The number of carbonyl (C=O) groups is 1. The lowest BCUT2D eigenvalue weighted by molar-refractivity contribution is -0.127. The van der Waals surface area contributed by atoms with Gasteiger partial charge < -0.3 is 10.1 Å². The van der Waals surface area contributed by atoms with E-state index in [9.17, 15) is 4.79 Å². The van der Waals surface area contributed by atoms with Crippen LogP contribution in [0.25, 0.3) is 0 Å². The highest BCUT2D eigenvalue weighted by atomic mass is 16.5. The van der Waals surface area contributed by atoms with E-state index in [1.54, 1.807) is 7.11 Å². The van der Waals surface area contributed by atoms with Crippen molar-refractivity contribution in [1.29, 1.82) is 0 Å². The average Bonchev–Trinajstić information content (AvgIpc) is 2.55. The predicted octanol–water partition coefficient (Wildman–Crippen LogP) is 3.82. The maximum atomic E-state index is 12.3. The Hall–Kier alpha value is -1.35. The lowest BCUT2D eigenvalue weighted by Crippen LogP contribution is -2.58. The molecule has 0 aliphatic heterocycles. The van der Waals surface area contributed by atoms with Gasteiger partial charge in [-0.3, -0.25) is 4.79 Å². The Bertz CT molecular complexity index is 504. The highest BCUT2D eigenvalue weighted by Gasteiger charge is 2.48. The van der Waals surface area contributed by atoms with Gasteiger partial charge in [-0.05, 0) is 37.2 Å². The molecule has 1 aromatic rings. The third-order valence-corrected chi connectivity index (χ3v) is 5.90. The first kappa shape index (κ1) is 16.5. The summed E-state index contributed by atoms with van der Waals surface area (Å²) in [7, 11) is 1.59. The van der Waals surface area contributed by atoms with Crippen molar-refractivity contribution in [2.24, 2.45) is 5.92 Å². The van der Waals surface area contributed by atoms with Crippen LogP contribution in [0.3, 0.4) is 0 Å². The number of benzene rings is 1. The van der Waals surface area contributed by atoms with E-state index in [0.29, 0.717) is 5.92 Å². The van der Waals surface area contributed by atoms with Crippen molar-refractivity contribution in [2.45, 2.75) is 62.8 Å². The van der Waals surface area contributed by atoms with Crippen LogP contribution in [-0.2, 0) is 14.9 Å². The highest BCUT2D eigenvalue weighted by molar-refractivity contribution is 5.77. The van der Waals surface area contributed by atoms with E-state index in [1.165, 1.54) is 56.9 Å². The SMILES string of the molecule is COCC(=O)NC(C1CCCCC1)C1(c2ccccc2)CCC1. The molecule has 0 heterocycles.